The minimum absolute atomic E-state index is 0.253. The summed E-state index contributed by atoms with van der Waals surface area (Å²) >= 11 is 2.00. The van der Waals surface area contributed by atoms with Crippen LogP contribution in [0.25, 0.3) is 0 Å². The molecule has 1 fully saturated rings. The molecule has 14 heavy (non-hydrogen) atoms. The molecule has 76 valence electrons. The highest BCUT2D eigenvalue weighted by Crippen LogP contribution is 2.32. The topological polar surface area (TPSA) is 20.2 Å². The van der Waals surface area contributed by atoms with E-state index in [2.05, 4.69) is 0 Å². The van der Waals surface area contributed by atoms with Crippen LogP contribution in [-0.4, -0.2) is 16.6 Å². The Morgan fingerprint density at radius 2 is 1.79 bits per heavy atom. The Labute approximate surface area is 89.5 Å². The summed E-state index contributed by atoms with van der Waals surface area (Å²) < 4.78 is 0. The lowest BCUT2D eigenvalue weighted by Crippen LogP contribution is -2.17. The van der Waals surface area contributed by atoms with Crippen molar-refractivity contribution in [3.63, 3.8) is 0 Å². The van der Waals surface area contributed by atoms with Crippen LogP contribution in [0, 0.1) is 5.92 Å². The molecule has 0 saturated carbocycles. The van der Waals surface area contributed by atoms with Crippen LogP contribution >= 0.6 is 11.8 Å². The zero-order valence-electron chi connectivity index (χ0n) is 8.23. The first-order chi connectivity index (χ1) is 6.88. The summed E-state index contributed by atoms with van der Waals surface area (Å²) in [6.45, 7) is 0. The van der Waals surface area contributed by atoms with Gasteiger partial charge in [0.25, 0.3) is 0 Å². The van der Waals surface area contributed by atoms with Crippen molar-refractivity contribution in [3.05, 3.63) is 35.9 Å². The van der Waals surface area contributed by atoms with E-state index < -0.39 is 0 Å². The fourth-order valence-electron chi connectivity index (χ4n) is 1.95. The number of benzene rings is 1. The van der Waals surface area contributed by atoms with Gasteiger partial charge in [0.05, 0.1) is 6.10 Å². The second-order valence-corrected chi connectivity index (χ2v) is 5.03. The molecule has 1 aromatic carbocycles. The maximum atomic E-state index is 10.1. The summed E-state index contributed by atoms with van der Waals surface area (Å²) in [6.07, 6.45) is 2.05. The number of rotatable bonds is 2. The van der Waals surface area contributed by atoms with Crippen molar-refractivity contribution in [2.75, 3.05) is 11.5 Å². The molecule has 1 nitrogen and oxygen atoms in total. The van der Waals surface area contributed by atoms with Crippen molar-refractivity contribution in [1.82, 2.24) is 0 Å². The van der Waals surface area contributed by atoms with Crippen LogP contribution in [0.5, 0.6) is 0 Å². The molecule has 0 spiro atoms. The lowest BCUT2D eigenvalue weighted by atomic mass is 9.91. The van der Waals surface area contributed by atoms with Gasteiger partial charge in [0.2, 0.25) is 0 Å². The van der Waals surface area contributed by atoms with E-state index in [0.717, 1.165) is 18.4 Å². The minimum atomic E-state index is -0.253. The van der Waals surface area contributed by atoms with Gasteiger partial charge in [0.1, 0.15) is 0 Å². The lowest BCUT2D eigenvalue weighted by molar-refractivity contribution is 0.103. The van der Waals surface area contributed by atoms with Gasteiger partial charge in [-0.25, -0.2) is 0 Å². The summed E-state index contributed by atoms with van der Waals surface area (Å²) in [7, 11) is 0. The third kappa shape index (κ3) is 2.31. The molecule has 0 radical (unpaired) electrons. The molecular formula is C12H16OS. The van der Waals surface area contributed by atoms with Gasteiger partial charge in [-0.05, 0) is 35.8 Å². The molecular weight excluding hydrogens is 192 g/mol. The van der Waals surface area contributed by atoms with Crippen molar-refractivity contribution >= 4 is 11.8 Å². The summed E-state index contributed by atoms with van der Waals surface area (Å²) in [4.78, 5) is 0. The Balaban J connectivity index is 2.03. The predicted octanol–water partition coefficient (Wildman–Crippen LogP) is 2.86. The van der Waals surface area contributed by atoms with E-state index in [0.29, 0.717) is 5.92 Å². The second kappa shape index (κ2) is 4.85. The van der Waals surface area contributed by atoms with E-state index in [-0.39, 0.29) is 6.10 Å². The van der Waals surface area contributed by atoms with Gasteiger partial charge in [-0.1, -0.05) is 30.3 Å². The first-order valence-corrected chi connectivity index (χ1v) is 6.34. The first-order valence-electron chi connectivity index (χ1n) is 5.18. The number of thioether (sulfide) groups is 1. The van der Waals surface area contributed by atoms with E-state index in [4.69, 9.17) is 0 Å². The predicted molar refractivity (Wildman–Crippen MR) is 61.5 cm³/mol. The molecule has 1 aliphatic rings. The van der Waals surface area contributed by atoms with Crippen LogP contribution in [0.15, 0.2) is 30.3 Å². The zero-order valence-corrected chi connectivity index (χ0v) is 9.04. The van der Waals surface area contributed by atoms with Crippen molar-refractivity contribution in [2.45, 2.75) is 18.9 Å². The third-order valence-corrected chi connectivity index (χ3v) is 3.90. The third-order valence-electron chi connectivity index (χ3n) is 2.85. The molecule has 1 unspecified atom stereocenters. The maximum Gasteiger partial charge on any atom is 0.0818 e. The van der Waals surface area contributed by atoms with Crippen LogP contribution in [0.3, 0.4) is 0 Å². The summed E-state index contributed by atoms with van der Waals surface area (Å²) in [5, 5.41) is 10.1. The normalized spacial score (nSPS) is 20.6. The highest BCUT2D eigenvalue weighted by atomic mass is 32.2. The van der Waals surface area contributed by atoms with Gasteiger partial charge >= 0.3 is 0 Å². The molecule has 0 amide bonds. The smallest absolute Gasteiger partial charge is 0.0818 e. The Bertz CT molecular complexity index is 267. The number of hydrogen-bond acceptors (Lipinski definition) is 2. The van der Waals surface area contributed by atoms with Crippen molar-refractivity contribution < 1.29 is 5.11 Å². The average Bonchev–Trinajstić information content (AvgIpc) is 2.30. The zero-order chi connectivity index (χ0) is 9.80. The first kappa shape index (κ1) is 10.1. The van der Waals surface area contributed by atoms with Crippen molar-refractivity contribution in [3.8, 4) is 0 Å². The molecule has 1 heterocycles. The molecule has 0 aliphatic carbocycles. The van der Waals surface area contributed by atoms with Crippen LogP contribution < -0.4 is 0 Å². The minimum Gasteiger partial charge on any atom is -0.388 e. The fourth-order valence-corrected chi connectivity index (χ4v) is 3.10. The highest BCUT2D eigenvalue weighted by molar-refractivity contribution is 7.99. The monoisotopic (exact) mass is 208 g/mol. The van der Waals surface area contributed by atoms with Gasteiger partial charge in [0.15, 0.2) is 0 Å². The molecule has 1 N–H and O–H groups in total. The molecule has 0 aromatic heterocycles. The Kier molecular flexibility index (Phi) is 3.49. The molecule has 2 rings (SSSR count). The number of aliphatic hydroxyl groups excluding tert-OH is 1. The number of hydrogen-bond donors (Lipinski definition) is 1. The SMILES string of the molecule is OC(c1ccccc1)C1CCSCC1. The van der Waals surface area contributed by atoms with Gasteiger partial charge in [-0.15, -0.1) is 0 Å². The van der Waals surface area contributed by atoms with E-state index >= 15 is 0 Å². The van der Waals surface area contributed by atoms with E-state index in [1.807, 2.05) is 42.1 Å². The average molecular weight is 208 g/mol. The van der Waals surface area contributed by atoms with Gasteiger partial charge < -0.3 is 5.11 Å². The van der Waals surface area contributed by atoms with E-state index in [1.165, 1.54) is 11.5 Å². The Hall–Kier alpha value is -0.470. The molecule has 0 bridgehead atoms. The summed E-state index contributed by atoms with van der Waals surface area (Å²) in [5.74, 6) is 2.88. The molecule has 1 aliphatic heterocycles. The highest BCUT2D eigenvalue weighted by Gasteiger charge is 2.22. The van der Waals surface area contributed by atoms with Crippen LogP contribution in [-0.2, 0) is 0 Å². The van der Waals surface area contributed by atoms with Crippen molar-refractivity contribution in [2.24, 2.45) is 5.92 Å². The van der Waals surface area contributed by atoms with Crippen LogP contribution in [0.4, 0.5) is 0 Å². The fraction of sp³-hybridized carbons (Fsp3) is 0.500. The largest absolute Gasteiger partial charge is 0.388 e. The Morgan fingerprint density at radius 1 is 1.14 bits per heavy atom. The maximum absolute atomic E-state index is 10.1. The van der Waals surface area contributed by atoms with E-state index in [9.17, 15) is 5.11 Å². The summed E-state index contributed by atoms with van der Waals surface area (Å²) in [6, 6.07) is 10.0. The van der Waals surface area contributed by atoms with Gasteiger partial charge in [0, 0.05) is 0 Å². The second-order valence-electron chi connectivity index (χ2n) is 3.81. The lowest BCUT2D eigenvalue weighted by Gasteiger charge is -2.26. The molecule has 1 atom stereocenters. The van der Waals surface area contributed by atoms with Gasteiger partial charge in [-0.2, -0.15) is 11.8 Å². The Morgan fingerprint density at radius 3 is 2.43 bits per heavy atom. The van der Waals surface area contributed by atoms with Crippen LogP contribution in [0.2, 0.25) is 0 Å². The standard InChI is InChI=1S/C12H16OS/c13-12(10-4-2-1-3-5-10)11-6-8-14-9-7-11/h1-5,11-13H,6-9H2. The quantitative estimate of drug-likeness (QED) is 0.806. The molecule has 2 heteroatoms. The summed E-state index contributed by atoms with van der Waals surface area (Å²) in [5.41, 5.74) is 1.07. The number of aliphatic hydroxyl groups is 1. The van der Waals surface area contributed by atoms with Crippen molar-refractivity contribution in [1.29, 1.82) is 0 Å². The van der Waals surface area contributed by atoms with Gasteiger partial charge in [-0.3, -0.25) is 0 Å². The molecule has 1 saturated heterocycles. The molecule has 1 aromatic rings. The van der Waals surface area contributed by atoms with E-state index in [1.54, 1.807) is 0 Å². The van der Waals surface area contributed by atoms with Crippen LogP contribution in [0.1, 0.15) is 24.5 Å².